The van der Waals surface area contributed by atoms with Crippen LogP contribution >= 0.6 is 0 Å². The lowest BCUT2D eigenvalue weighted by Gasteiger charge is -2.23. The van der Waals surface area contributed by atoms with E-state index < -0.39 is 0 Å². The highest BCUT2D eigenvalue weighted by Gasteiger charge is 2.25. The van der Waals surface area contributed by atoms with E-state index in [1.807, 2.05) is 6.20 Å². The van der Waals surface area contributed by atoms with Crippen molar-refractivity contribution in [3.63, 3.8) is 0 Å². The fourth-order valence-electron chi connectivity index (χ4n) is 2.23. The highest BCUT2D eigenvalue weighted by Crippen LogP contribution is 2.20. The molecule has 1 saturated carbocycles. The molecule has 3 rings (SSSR count). The Hall–Kier alpha value is -1.36. The summed E-state index contributed by atoms with van der Waals surface area (Å²) in [6.07, 6.45) is 8.21. The van der Waals surface area contributed by atoms with Crippen LogP contribution in [0.4, 0.5) is 0 Å². The second kappa shape index (κ2) is 4.49. The highest BCUT2D eigenvalue weighted by molar-refractivity contribution is 5.92. The van der Waals surface area contributed by atoms with Crippen LogP contribution in [0.3, 0.4) is 0 Å². The van der Waals surface area contributed by atoms with Crippen LogP contribution in [0, 0.1) is 0 Å². The Morgan fingerprint density at radius 3 is 3.06 bits per heavy atom. The van der Waals surface area contributed by atoms with Gasteiger partial charge in [-0.3, -0.25) is 4.79 Å². The second-order valence-corrected chi connectivity index (χ2v) is 4.95. The summed E-state index contributed by atoms with van der Waals surface area (Å²) in [5.41, 5.74) is 0.544. The molecule has 92 valence electrons. The number of aromatic nitrogens is 2. The average molecular weight is 234 g/mol. The van der Waals surface area contributed by atoms with Gasteiger partial charge in [-0.2, -0.15) is 0 Å². The maximum atomic E-state index is 11.8. The fraction of sp³-hybridized carbons (Fsp3) is 0.667. The van der Waals surface area contributed by atoms with Gasteiger partial charge < -0.3 is 15.2 Å². The Labute approximate surface area is 101 Å². The van der Waals surface area contributed by atoms with Crippen LogP contribution in [-0.2, 0) is 0 Å². The molecule has 1 aliphatic heterocycles. The molecule has 5 nitrogen and oxygen atoms in total. The SMILES string of the molecule is O=C(NC1CC1)c1cn(C2CCCNC2)cn1. The quantitative estimate of drug-likeness (QED) is 0.809. The summed E-state index contributed by atoms with van der Waals surface area (Å²) in [6.45, 7) is 2.07. The Bertz CT molecular complexity index is 404. The molecule has 1 aromatic rings. The van der Waals surface area contributed by atoms with Crippen LogP contribution in [0.2, 0.25) is 0 Å². The summed E-state index contributed by atoms with van der Waals surface area (Å²) < 4.78 is 2.06. The van der Waals surface area contributed by atoms with E-state index in [0.717, 1.165) is 32.4 Å². The van der Waals surface area contributed by atoms with Gasteiger partial charge in [-0.05, 0) is 32.2 Å². The average Bonchev–Trinajstić information content (AvgIpc) is 3.04. The predicted octanol–water partition coefficient (Wildman–Crippen LogP) is 0.700. The van der Waals surface area contributed by atoms with E-state index in [-0.39, 0.29) is 5.91 Å². The first-order valence-electron chi connectivity index (χ1n) is 6.38. The summed E-state index contributed by atoms with van der Waals surface area (Å²) >= 11 is 0. The molecule has 5 heteroatoms. The van der Waals surface area contributed by atoms with Crippen molar-refractivity contribution in [3.8, 4) is 0 Å². The number of amides is 1. The van der Waals surface area contributed by atoms with E-state index in [9.17, 15) is 4.79 Å². The number of hydrogen-bond donors (Lipinski definition) is 2. The molecule has 0 aromatic carbocycles. The van der Waals surface area contributed by atoms with E-state index in [1.54, 1.807) is 6.33 Å². The Balaban J connectivity index is 1.65. The lowest BCUT2D eigenvalue weighted by Crippen LogP contribution is -2.31. The second-order valence-electron chi connectivity index (χ2n) is 4.95. The third-order valence-corrected chi connectivity index (χ3v) is 3.44. The molecule has 2 N–H and O–H groups in total. The minimum Gasteiger partial charge on any atom is -0.348 e. The van der Waals surface area contributed by atoms with Gasteiger partial charge in [-0.15, -0.1) is 0 Å². The zero-order chi connectivity index (χ0) is 11.7. The molecule has 1 atom stereocenters. The van der Waals surface area contributed by atoms with Gasteiger partial charge in [0.05, 0.1) is 6.33 Å². The molecule has 2 heterocycles. The summed E-state index contributed by atoms with van der Waals surface area (Å²) in [6, 6.07) is 0.836. The zero-order valence-electron chi connectivity index (χ0n) is 9.85. The third kappa shape index (κ3) is 2.49. The predicted molar refractivity (Wildman–Crippen MR) is 63.9 cm³/mol. The summed E-state index contributed by atoms with van der Waals surface area (Å²) in [5.74, 6) is -0.0324. The number of imidazole rings is 1. The first-order valence-corrected chi connectivity index (χ1v) is 6.38. The molecule has 2 aliphatic rings. The van der Waals surface area contributed by atoms with Gasteiger partial charge >= 0.3 is 0 Å². The molecule has 1 aliphatic carbocycles. The van der Waals surface area contributed by atoms with Gasteiger partial charge in [-0.25, -0.2) is 4.98 Å². The molecule has 0 radical (unpaired) electrons. The summed E-state index contributed by atoms with van der Waals surface area (Å²) in [5, 5.41) is 6.32. The van der Waals surface area contributed by atoms with E-state index >= 15 is 0 Å². The smallest absolute Gasteiger partial charge is 0.271 e. The Morgan fingerprint density at radius 1 is 1.47 bits per heavy atom. The van der Waals surface area contributed by atoms with Crippen molar-refractivity contribution in [3.05, 3.63) is 18.2 Å². The van der Waals surface area contributed by atoms with Gasteiger partial charge in [0, 0.05) is 24.8 Å². The van der Waals surface area contributed by atoms with Gasteiger partial charge in [-0.1, -0.05) is 0 Å². The monoisotopic (exact) mass is 234 g/mol. The Morgan fingerprint density at radius 2 is 2.35 bits per heavy atom. The van der Waals surface area contributed by atoms with Crippen LogP contribution in [0.15, 0.2) is 12.5 Å². The number of nitrogens with one attached hydrogen (secondary N) is 2. The molecule has 2 fully saturated rings. The molecular weight excluding hydrogens is 216 g/mol. The first-order chi connectivity index (χ1) is 8.33. The van der Waals surface area contributed by atoms with Gasteiger partial charge in [0.15, 0.2) is 0 Å². The highest BCUT2D eigenvalue weighted by atomic mass is 16.2. The topological polar surface area (TPSA) is 59.0 Å². The maximum Gasteiger partial charge on any atom is 0.271 e. The fourth-order valence-corrected chi connectivity index (χ4v) is 2.23. The number of hydrogen-bond acceptors (Lipinski definition) is 3. The minimum absolute atomic E-state index is 0.0324. The zero-order valence-corrected chi connectivity index (χ0v) is 9.85. The molecule has 17 heavy (non-hydrogen) atoms. The van der Waals surface area contributed by atoms with E-state index in [1.165, 1.54) is 6.42 Å². The third-order valence-electron chi connectivity index (χ3n) is 3.44. The van der Waals surface area contributed by atoms with E-state index in [2.05, 4.69) is 20.2 Å². The standard InChI is InChI=1S/C12H18N4O/c17-12(15-9-3-4-9)11-7-16(8-14-11)10-2-1-5-13-6-10/h7-10,13H,1-6H2,(H,15,17). The van der Waals surface area contributed by atoms with Gasteiger partial charge in [0.2, 0.25) is 0 Å². The molecule has 1 aromatic heterocycles. The largest absolute Gasteiger partial charge is 0.348 e. The molecule has 0 bridgehead atoms. The summed E-state index contributed by atoms with van der Waals surface area (Å²) in [4.78, 5) is 16.0. The molecule has 0 spiro atoms. The van der Waals surface area contributed by atoms with Crippen molar-refractivity contribution in [1.82, 2.24) is 20.2 Å². The number of piperidine rings is 1. The van der Waals surface area contributed by atoms with Crippen molar-refractivity contribution in [2.45, 2.75) is 37.8 Å². The maximum absolute atomic E-state index is 11.8. The van der Waals surface area contributed by atoms with Crippen LogP contribution in [0.5, 0.6) is 0 Å². The normalized spacial score (nSPS) is 24.6. The van der Waals surface area contributed by atoms with Gasteiger partial charge in [0.1, 0.15) is 5.69 Å². The first kappa shape index (κ1) is 10.8. The Kier molecular flexibility index (Phi) is 2.84. The minimum atomic E-state index is -0.0324. The number of carbonyl (C=O) groups excluding carboxylic acids is 1. The van der Waals surface area contributed by atoms with Crippen molar-refractivity contribution >= 4 is 5.91 Å². The molecular formula is C12H18N4O. The number of rotatable bonds is 3. The molecule has 1 saturated heterocycles. The van der Waals surface area contributed by atoms with Crippen molar-refractivity contribution in [2.24, 2.45) is 0 Å². The lowest BCUT2D eigenvalue weighted by atomic mass is 10.1. The molecule has 1 unspecified atom stereocenters. The number of nitrogens with zero attached hydrogens (tertiary/aromatic N) is 2. The van der Waals surface area contributed by atoms with Crippen LogP contribution in [-0.4, -0.2) is 34.6 Å². The van der Waals surface area contributed by atoms with Crippen LogP contribution in [0.1, 0.15) is 42.2 Å². The van der Waals surface area contributed by atoms with Crippen LogP contribution < -0.4 is 10.6 Å². The number of carbonyl (C=O) groups is 1. The molecule has 1 amide bonds. The van der Waals surface area contributed by atoms with Crippen molar-refractivity contribution < 1.29 is 4.79 Å². The van der Waals surface area contributed by atoms with Crippen LogP contribution in [0.25, 0.3) is 0 Å². The van der Waals surface area contributed by atoms with Gasteiger partial charge in [0.25, 0.3) is 5.91 Å². The lowest BCUT2D eigenvalue weighted by molar-refractivity contribution is 0.0946. The van der Waals surface area contributed by atoms with E-state index in [0.29, 0.717) is 17.8 Å². The van der Waals surface area contributed by atoms with Crippen molar-refractivity contribution in [1.29, 1.82) is 0 Å². The van der Waals surface area contributed by atoms with Crippen molar-refractivity contribution in [2.75, 3.05) is 13.1 Å². The van der Waals surface area contributed by atoms with E-state index in [4.69, 9.17) is 0 Å². The summed E-state index contributed by atoms with van der Waals surface area (Å²) in [7, 11) is 0.